The fourth-order valence-electron chi connectivity index (χ4n) is 3.22. The van der Waals surface area contributed by atoms with E-state index in [-0.39, 0.29) is 6.79 Å². The summed E-state index contributed by atoms with van der Waals surface area (Å²) in [5.74, 6) is 1.68. The molecule has 3 aromatic rings. The van der Waals surface area contributed by atoms with Gasteiger partial charge in [0.25, 0.3) is 0 Å². The zero-order valence-corrected chi connectivity index (χ0v) is 19.4. The van der Waals surface area contributed by atoms with Crippen molar-refractivity contribution in [3.63, 3.8) is 0 Å². The average Bonchev–Trinajstić information content (AvgIpc) is 2.73. The third kappa shape index (κ3) is 5.48. The van der Waals surface area contributed by atoms with Crippen LogP contribution in [0.2, 0.25) is 0 Å². The Labute approximate surface area is 186 Å². The fraction of sp³-hybridized carbons (Fsp3) is 0.292. The van der Waals surface area contributed by atoms with E-state index in [2.05, 4.69) is 61.6 Å². The lowest BCUT2D eigenvalue weighted by Crippen LogP contribution is -2.05. The van der Waals surface area contributed by atoms with Gasteiger partial charge in [-0.15, -0.1) is 0 Å². The zero-order chi connectivity index (χ0) is 20.8. The van der Waals surface area contributed by atoms with Gasteiger partial charge in [0.1, 0.15) is 16.1 Å². The van der Waals surface area contributed by atoms with E-state index in [0.717, 1.165) is 27.3 Å². The van der Waals surface area contributed by atoms with Gasteiger partial charge in [-0.3, -0.25) is 0 Å². The van der Waals surface area contributed by atoms with Crippen LogP contribution in [0.4, 0.5) is 0 Å². The Hall–Kier alpha value is -2.12. The number of hydrogen-bond acceptors (Lipinski definition) is 4. The van der Waals surface area contributed by atoms with Gasteiger partial charge < -0.3 is 14.2 Å². The van der Waals surface area contributed by atoms with Crippen molar-refractivity contribution >= 4 is 22.6 Å². The maximum atomic E-state index is 6.12. The highest BCUT2D eigenvalue weighted by Crippen LogP contribution is 2.30. The van der Waals surface area contributed by atoms with Crippen LogP contribution in [0.15, 0.2) is 48.5 Å². The summed E-state index contributed by atoms with van der Waals surface area (Å²) in [6, 6.07) is 16.4. The first-order valence-corrected chi connectivity index (χ1v) is 10.6. The smallest absolute Gasteiger partial charge is 0.188 e. The molecule has 0 aliphatic heterocycles. The molecule has 29 heavy (non-hydrogen) atoms. The number of ether oxygens (including phenoxy) is 3. The van der Waals surface area contributed by atoms with Gasteiger partial charge >= 0.3 is 0 Å². The molecule has 2 aromatic carbocycles. The van der Waals surface area contributed by atoms with Gasteiger partial charge in [-0.25, -0.2) is 4.98 Å². The van der Waals surface area contributed by atoms with Crippen LogP contribution in [0, 0.1) is 24.5 Å². The van der Waals surface area contributed by atoms with Crippen molar-refractivity contribution < 1.29 is 14.2 Å². The van der Waals surface area contributed by atoms with Crippen LogP contribution < -0.4 is 9.47 Å². The number of pyridine rings is 1. The number of hydrogen-bond donors (Lipinski definition) is 0. The number of halogens is 1. The van der Waals surface area contributed by atoms with Crippen molar-refractivity contribution in [2.24, 2.45) is 0 Å². The van der Waals surface area contributed by atoms with Crippen LogP contribution in [-0.2, 0) is 17.8 Å². The summed E-state index contributed by atoms with van der Waals surface area (Å²) >= 11 is 2.20. The summed E-state index contributed by atoms with van der Waals surface area (Å²) < 4.78 is 17.5. The van der Waals surface area contributed by atoms with Gasteiger partial charge in [-0.2, -0.15) is 0 Å². The lowest BCUT2D eigenvalue weighted by molar-refractivity contribution is 0.0501. The highest BCUT2D eigenvalue weighted by atomic mass is 127. The molecule has 0 atom stereocenters. The second-order valence-electron chi connectivity index (χ2n) is 7.01. The number of aromatic nitrogens is 1. The molecule has 0 bridgehead atoms. The Morgan fingerprint density at radius 1 is 0.897 bits per heavy atom. The Kier molecular flexibility index (Phi) is 7.50. The van der Waals surface area contributed by atoms with Gasteiger partial charge in [0.15, 0.2) is 12.5 Å². The maximum absolute atomic E-state index is 6.12. The molecular weight excluding hydrogens is 477 g/mol. The van der Waals surface area contributed by atoms with Crippen LogP contribution in [0.25, 0.3) is 0 Å². The fourth-order valence-corrected chi connectivity index (χ4v) is 3.87. The first kappa shape index (κ1) is 21.6. The summed E-state index contributed by atoms with van der Waals surface area (Å²) in [7, 11) is 1.61. The van der Waals surface area contributed by atoms with Crippen molar-refractivity contribution in [1.82, 2.24) is 4.98 Å². The summed E-state index contributed by atoms with van der Waals surface area (Å²) in [4.78, 5) is 4.71. The molecule has 1 aromatic heterocycles. The lowest BCUT2D eigenvalue weighted by Gasteiger charge is -2.18. The molecule has 3 rings (SSSR count). The molecule has 0 spiro atoms. The van der Waals surface area contributed by atoms with Crippen LogP contribution in [0.5, 0.6) is 11.5 Å². The van der Waals surface area contributed by atoms with Gasteiger partial charge in [-0.1, -0.05) is 30.3 Å². The third-order valence-corrected chi connectivity index (χ3v) is 5.78. The quantitative estimate of drug-likeness (QED) is 0.223. The summed E-state index contributed by atoms with van der Waals surface area (Å²) in [5, 5.41) is 0. The third-order valence-electron chi connectivity index (χ3n) is 5.01. The van der Waals surface area contributed by atoms with Gasteiger partial charge in [0, 0.05) is 19.2 Å². The van der Waals surface area contributed by atoms with Gasteiger partial charge in [0.05, 0.1) is 0 Å². The first-order valence-electron chi connectivity index (χ1n) is 9.53. The summed E-state index contributed by atoms with van der Waals surface area (Å²) in [5.41, 5.74) is 7.13. The van der Waals surface area contributed by atoms with Crippen LogP contribution >= 0.6 is 22.6 Å². The molecule has 152 valence electrons. The van der Waals surface area contributed by atoms with E-state index in [1.807, 2.05) is 30.3 Å². The first-order chi connectivity index (χ1) is 14.0. The van der Waals surface area contributed by atoms with E-state index in [1.165, 1.54) is 27.8 Å². The molecule has 0 amide bonds. The van der Waals surface area contributed by atoms with E-state index in [4.69, 9.17) is 19.2 Å². The summed E-state index contributed by atoms with van der Waals surface area (Å²) in [6.45, 7) is 7.21. The SMILES string of the molecule is COCOc1ccc(Cc2c(C)cc(OCc3ccccc3)c(C)c2C)nc1I. The van der Waals surface area contributed by atoms with Crippen molar-refractivity contribution in [1.29, 1.82) is 0 Å². The zero-order valence-electron chi connectivity index (χ0n) is 17.3. The van der Waals surface area contributed by atoms with Crippen molar-refractivity contribution in [3.05, 3.63) is 85.7 Å². The normalized spacial score (nSPS) is 10.8. The largest absolute Gasteiger partial charge is 0.489 e. The molecule has 0 aliphatic rings. The minimum Gasteiger partial charge on any atom is -0.489 e. The summed E-state index contributed by atoms with van der Waals surface area (Å²) in [6.07, 6.45) is 0.776. The Morgan fingerprint density at radius 2 is 1.66 bits per heavy atom. The molecule has 0 fully saturated rings. The Bertz CT molecular complexity index is 974. The van der Waals surface area contributed by atoms with Crippen LogP contribution in [0.3, 0.4) is 0 Å². The van der Waals surface area contributed by atoms with Crippen molar-refractivity contribution in [3.8, 4) is 11.5 Å². The van der Waals surface area contributed by atoms with Crippen LogP contribution in [-0.4, -0.2) is 18.9 Å². The minimum atomic E-state index is 0.221. The number of benzene rings is 2. The monoisotopic (exact) mass is 503 g/mol. The molecule has 0 radical (unpaired) electrons. The van der Waals surface area contributed by atoms with E-state index in [1.54, 1.807) is 7.11 Å². The topological polar surface area (TPSA) is 40.6 Å². The lowest BCUT2D eigenvalue weighted by atomic mass is 9.94. The van der Waals surface area contributed by atoms with E-state index < -0.39 is 0 Å². The average molecular weight is 503 g/mol. The number of aryl methyl sites for hydroxylation is 1. The predicted molar refractivity (Wildman–Crippen MR) is 124 cm³/mol. The van der Waals surface area contributed by atoms with Gasteiger partial charge in [0.2, 0.25) is 0 Å². The number of methoxy groups -OCH3 is 1. The molecular formula is C24H26INO3. The molecule has 0 saturated heterocycles. The second kappa shape index (κ2) is 10.1. The minimum absolute atomic E-state index is 0.221. The van der Waals surface area contributed by atoms with Crippen molar-refractivity contribution in [2.45, 2.75) is 33.8 Å². The molecule has 4 nitrogen and oxygen atoms in total. The van der Waals surface area contributed by atoms with Gasteiger partial charge in [-0.05, 0) is 89.4 Å². The highest BCUT2D eigenvalue weighted by molar-refractivity contribution is 14.1. The maximum Gasteiger partial charge on any atom is 0.188 e. The molecule has 0 saturated carbocycles. The number of rotatable bonds is 8. The Morgan fingerprint density at radius 3 is 2.34 bits per heavy atom. The second-order valence-corrected chi connectivity index (χ2v) is 8.04. The van der Waals surface area contributed by atoms with Crippen molar-refractivity contribution in [2.75, 3.05) is 13.9 Å². The number of nitrogens with zero attached hydrogens (tertiary/aromatic N) is 1. The predicted octanol–water partition coefficient (Wildman–Crippen LogP) is 5.76. The molecule has 0 N–H and O–H groups in total. The molecule has 0 aliphatic carbocycles. The molecule has 1 heterocycles. The molecule has 0 unspecified atom stereocenters. The molecule has 5 heteroatoms. The standard InChI is InChI=1S/C24H26INO3/c1-16-12-23(28-14-19-8-6-5-7-9-19)18(3)17(2)21(16)13-20-10-11-22(24(25)26-20)29-15-27-4/h5-12H,13-15H2,1-4H3. The Balaban J connectivity index is 1.78. The highest BCUT2D eigenvalue weighted by Gasteiger charge is 2.14. The van der Waals surface area contributed by atoms with Crippen LogP contribution in [0.1, 0.15) is 33.5 Å². The van der Waals surface area contributed by atoms with E-state index >= 15 is 0 Å². The van der Waals surface area contributed by atoms with E-state index in [9.17, 15) is 0 Å². The van der Waals surface area contributed by atoms with E-state index in [0.29, 0.717) is 6.61 Å².